The zero-order chi connectivity index (χ0) is 82.3. The van der Waals surface area contributed by atoms with Crippen LogP contribution in [-0.4, -0.2) is 15.8 Å². The molecule has 0 spiro atoms. The number of para-hydroxylation sites is 2. The molecule has 0 saturated carbocycles. The topological polar surface area (TPSA) is 16.3 Å². The van der Waals surface area contributed by atoms with E-state index in [1.54, 1.807) is 0 Å². The summed E-state index contributed by atoms with van der Waals surface area (Å²) in [5.74, 6) is 0. The summed E-state index contributed by atoms with van der Waals surface area (Å²) in [5, 5.41) is 8.98. The van der Waals surface area contributed by atoms with Crippen molar-refractivity contribution in [3.05, 3.63) is 361 Å². The van der Waals surface area contributed by atoms with Crippen LogP contribution in [0.3, 0.4) is 0 Å². The fourth-order valence-electron chi connectivity index (χ4n) is 20.0. The number of allylic oxidation sites excluding steroid dienone is 3. The van der Waals surface area contributed by atoms with Crippen LogP contribution in [0.5, 0.6) is 0 Å². The van der Waals surface area contributed by atoms with Gasteiger partial charge in [0.05, 0.1) is 27.9 Å². The summed E-state index contributed by atoms with van der Waals surface area (Å²) in [5.41, 5.74) is 35.0. The maximum Gasteiger partial charge on any atom is 0.252 e. The number of thiophene rings is 2. The Balaban J connectivity index is 0.947. The summed E-state index contributed by atoms with van der Waals surface area (Å²) in [4.78, 5) is 5.56. The Labute approximate surface area is 718 Å². The van der Waals surface area contributed by atoms with E-state index >= 15 is 0 Å². The van der Waals surface area contributed by atoms with Crippen molar-refractivity contribution in [1.82, 2.24) is 9.13 Å². The maximum atomic E-state index is 2.79. The minimum Gasteiger partial charge on any atom is -0.313 e. The summed E-state index contributed by atoms with van der Waals surface area (Å²) in [6.07, 6.45) is 9.12. The van der Waals surface area contributed by atoms with E-state index in [-0.39, 0.29) is 28.4 Å². The van der Waals surface area contributed by atoms with Gasteiger partial charge in [-0.05, 0) is 198 Å². The Morgan fingerprint density at radius 3 is 1.24 bits per heavy atom. The molecule has 586 valence electrons. The van der Waals surface area contributed by atoms with Crippen molar-refractivity contribution < 1.29 is 0 Å². The highest BCUT2D eigenvalue weighted by atomic mass is 32.1. The van der Waals surface area contributed by atoms with E-state index in [0.717, 1.165) is 119 Å². The molecule has 0 N–H and O–H groups in total. The number of hydrogen-bond acceptors (Lipinski definition) is 4. The third kappa shape index (κ3) is 12.1. The van der Waals surface area contributed by atoms with Crippen molar-refractivity contribution in [1.29, 1.82) is 0 Å². The normalized spacial score (nSPS) is 14.4. The molecule has 0 atom stereocenters. The van der Waals surface area contributed by atoms with Crippen LogP contribution in [0.4, 0.5) is 34.1 Å². The molecule has 6 heterocycles. The molecule has 15 aromatic carbocycles. The maximum absolute atomic E-state index is 2.79. The highest BCUT2D eigenvalue weighted by Crippen LogP contribution is 2.58. The average molecular weight is 1600 g/mol. The van der Waals surface area contributed by atoms with Gasteiger partial charge in [0.15, 0.2) is 0 Å². The molecule has 3 aliphatic rings. The van der Waals surface area contributed by atoms with E-state index in [1.165, 1.54) is 117 Å². The molecule has 22 rings (SSSR count). The summed E-state index contributed by atoms with van der Waals surface area (Å²) >= 11 is 3.84. The quantitative estimate of drug-likeness (QED) is 0.106. The Bertz CT molecular complexity index is 7370. The molecule has 0 bridgehead atoms. The number of aromatic nitrogens is 2. The van der Waals surface area contributed by atoms with E-state index in [1.807, 2.05) is 22.7 Å². The second-order valence-electron chi connectivity index (χ2n) is 37.9. The molecule has 0 amide bonds. The second-order valence-corrected chi connectivity index (χ2v) is 40.0. The van der Waals surface area contributed by atoms with Crippen LogP contribution in [0.1, 0.15) is 117 Å². The summed E-state index contributed by atoms with van der Waals surface area (Å²) < 4.78 is 10.4. The van der Waals surface area contributed by atoms with Crippen LogP contribution in [-0.2, 0) is 22.7 Å². The molecule has 7 heteroatoms. The van der Waals surface area contributed by atoms with Gasteiger partial charge >= 0.3 is 0 Å². The fraction of sp³-hybridized carbons (Fsp3) is 0.158. The van der Waals surface area contributed by atoms with E-state index in [2.05, 4.69) is 436 Å². The third-order valence-corrected chi connectivity index (χ3v) is 28.6. The largest absolute Gasteiger partial charge is 0.313 e. The molecular weight excluding hydrogens is 1500 g/mol. The molecule has 4 aromatic heterocycles. The minimum atomic E-state index is -0.307. The van der Waals surface area contributed by atoms with E-state index in [9.17, 15) is 0 Å². The standard InChI is InChI=1S/C114H95BN4S2/c1-111(2,3)75-42-25-29-50-96-90(62-75)91-63-76(112(4,5)6)52-57-97(91)117(96)80-54-56-93-99(69-80)119(109-88(72-38-21-15-22-39-72)66-78(114(10,11)12)67-89(109)73-40-23-16-24-41-73)101-61-74(81-46-33-47-85-106-104(121-110(81)85)59-58-103-105(106)84-45-28-32-51-102(84)120-103)60-100-107(101)115(93)92-55-53-79(116-94-48-30-26-43-82(94)83-44-27-31-49-95(83)116)68-98(92)118(100)108-86(70-34-17-13-18-35-70)64-77(113(7,8)9)65-87(108)71-36-19-14-20-37-71/h13-41,43-49,51-69H,42,50H2,1-12H3/b29-25-,75-62+. The molecule has 2 aliphatic heterocycles. The number of fused-ring (bicyclic) bond motifs is 17. The zero-order valence-corrected chi connectivity index (χ0v) is 72.5. The fourth-order valence-corrected chi connectivity index (χ4v) is 22.4. The predicted molar refractivity (Wildman–Crippen MR) is 526 cm³/mol. The van der Waals surface area contributed by atoms with Gasteiger partial charge in [0.1, 0.15) is 0 Å². The van der Waals surface area contributed by atoms with E-state index < -0.39 is 0 Å². The van der Waals surface area contributed by atoms with E-state index in [4.69, 9.17) is 0 Å². The van der Waals surface area contributed by atoms with Gasteiger partial charge in [-0.3, -0.25) is 0 Å². The highest BCUT2D eigenvalue weighted by molar-refractivity contribution is 7.28. The second kappa shape index (κ2) is 27.9. The Hall–Kier alpha value is -12.8. The molecule has 0 saturated heterocycles. The molecule has 0 unspecified atom stereocenters. The average Bonchev–Trinajstić information content (AvgIpc) is 1.45. The van der Waals surface area contributed by atoms with Crippen LogP contribution < -0.4 is 26.2 Å². The van der Waals surface area contributed by atoms with Crippen molar-refractivity contribution >= 4 is 159 Å². The van der Waals surface area contributed by atoms with Gasteiger partial charge < -0.3 is 18.9 Å². The van der Waals surface area contributed by atoms with Gasteiger partial charge in [-0.2, -0.15) is 0 Å². The van der Waals surface area contributed by atoms with Crippen LogP contribution in [0.25, 0.3) is 146 Å². The van der Waals surface area contributed by atoms with Crippen molar-refractivity contribution in [3.63, 3.8) is 0 Å². The van der Waals surface area contributed by atoms with Crippen LogP contribution in [0, 0.1) is 5.41 Å². The van der Waals surface area contributed by atoms with Crippen molar-refractivity contribution in [2.24, 2.45) is 5.41 Å². The van der Waals surface area contributed by atoms with Gasteiger partial charge in [0.25, 0.3) is 6.71 Å². The number of hydrogen-bond donors (Lipinski definition) is 0. The third-order valence-electron chi connectivity index (χ3n) is 26.3. The lowest BCUT2D eigenvalue weighted by Crippen LogP contribution is -2.61. The van der Waals surface area contributed by atoms with Gasteiger partial charge in [-0.15, -0.1) is 22.7 Å². The molecular formula is C114H95BN4S2. The molecule has 19 aromatic rings. The summed E-state index contributed by atoms with van der Waals surface area (Å²) in [6, 6.07) is 122. The van der Waals surface area contributed by atoms with Crippen LogP contribution in [0.2, 0.25) is 0 Å². The molecule has 0 fully saturated rings. The first-order chi connectivity index (χ1) is 58.6. The van der Waals surface area contributed by atoms with Gasteiger partial charge in [-0.25, -0.2) is 0 Å². The van der Waals surface area contributed by atoms with E-state index in [0.29, 0.717) is 0 Å². The SMILES string of the molecule is CC(C)(C)/C1=C/c2c(n(-c3ccc4c(c3)N(c3c(-c5ccccc5)cc(C(C)(C)C)cc3-c3ccccc3)c3cc(-c5cccc6c5sc5ccc7sc8ccccc8c7c56)cc5c3B4c3ccc(-n4c6ccccc6c6ccccc64)cc3N5c3c(-c4ccccc4)cc(C(C)(C)C)cc3-c3ccccc3)c3ccc(C(C)(C)C)cc23)C/C=C\C1. The van der Waals surface area contributed by atoms with Crippen LogP contribution in [0.15, 0.2) is 333 Å². The predicted octanol–water partition coefficient (Wildman–Crippen LogP) is 30.7. The highest BCUT2D eigenvalue weighted by Gasteiger charge is 2.47. The number of nitrogens with zero attached hydrogens (tertiary/aromatic N) is 4. The lowest BCUT2D eigenvalue weighted by atomic mass is 9.33. The molecule has 0 radical (unpaired) electrons. The lowest BCUT2D eigenvalue weighted by molar-refractivity contribution is 0.497. The van der Waals surface area contributed by atoms with Crippen molar-refractivity contribution in [2.45, 2.75) is 112 Å². The Morgan fingerprint density at radius 1 is 0.298 bits per heavy atom. The number of benzene rings is 15. The molecule has 121 heavy (non-hydrogen) atoms. The number of rotatable bonds is 9. The zero-order valence-electron chi connectivity index (χ0n) is 70.9. The minimum absolute atomic E-state index is 0.0615. The number of anilines is 6. The Morgan fingerprint density at radius 2 is 0.736 bits per heavy atom. The van der Waals surface area contributed by atoms with Crippen LogP contribution >= 0.6 is 22.7 Å². The lowest BCUT2D eigenvalue weighted by Gasteiger charge is -2.46. The first-order valence-corrected chi connectivity index (χ1v) is 44.6. The van der Waals surface area contributed by atoms with Gasteiger partial charge in [0, 0.05) is 131 Å². The van der Waals surface area contributed by atoms with Crippen molar-refractivity contribution in [3.8, 4) is 67.0 Å². The summed E-state index contributed by atoms with van der Waals surface area (Å²) in [7, 11) is 0. The van der Waals surface area contributed by atoms with Gasteiger partial charge in [0.2, 0.25) is 0 Å². The van der Waals surface area contributed by atoms with Crippen molar-refractivity contribution in [2.75, 3.05) is 9.80 Å². The van der Waals surface area contributed by atoms with Gasteiger partial charge in [-0.1, -0.05) is 319 Å². The molecule has 1 aliphatic carbocycles. The first-order valence-electron chi connectivity index (χ1n) is 43.0. The smallest absolute Gasteiger partial charge is 0.252 e. The summed E-state index contributed by atoms with van der Waals surface area (Å²) in [6.45, 7) is 28.2. The Kier molecular flexibility index (Phi) is 17.2. The first kappa shape index (κ1) is 74.5. The monoisotopic (exact) mass is 1590 g/mol. The molecule has 4 nitrogen and oxygen atoms in total.